The van der Waals surface area contributed by atoms with Crippen LogP contribution in [0.25, 0.3) is 11.1 Å². The van der Waals surface area contributed by atoms with Crippen molar-refractivity contribution >= 4 is 11.6 Å². The average molecular weight is 720 g/mol. The number of nitriles is 1. The number of amides is 1. The standard InChI is InChI=1S/C44H57N5O4/c1-29-30(2)41(50)46(7)27-36(29)32-23-39(52-8)37(40(24-32)53-9)28-47-19-14-44(15-20-47)16-21-48(22-17-44)38-12-10-11-34-31(3)49(18-13-35(34)38)42(51)33(26-45)25-43(4,5)6/h10-12,23-25,27,31H,13-22,28H2,1-9H3. The fraction of sp³-hybridized carbons (Fsp3) is 0.523. The molecule has 2 aromatic carbocycles. The van der Waals surface area contributed by atoms with E-state index in [9.17, 15) is 14.9 Å². The molecular weight excluding hydrogens is 663 g/mol. The predicted octanol–water partition coefficient (Wildman–Crippen LogP) is 7.51. The Morgan fingerprint density at radius 2 is 1.60 bits per heavy atom. The van der Waals surface area contributed by atoms with Gasteiger partial charge in [-0.25, -0.2) is 0 Å². The first-order chi connectivity index (χ1) is 25.2. The summed E-state index contributed by atoms with van der Waals surface area (Å²) in [5.41, 5.74) is 8.97. The van der Waals surface area contributed by atoms with Gasteiger partial charge in [0.25, 0.3) is 11.5 Å². The number of carbonyl (C=O) groups is 1. The summed E-state index contributed by atoms with van der Waals surface area (Å²) in [7, 11) is 5.23. The minimum atomic E-state index is -0.243. The highest BCUT2D eigenvalue weighted by atomic mass is 16.5. The third-order valence-corrected chi connectivity index (χ3v) is 12.2. The summed E-state index contributed by atoms with van der Waals surface area (Å²) in [6, 6.07) is 12.8. The number of hydrogen-bond acceptors (Lipinski definition) is 7. The molecule has 0 N–H and O–H groups in total. The Morgan fingerprint density at radius 1 is 0.981 bits per heavy atom. The molecule has 53 heavy (non-hydrogen) atoms. The minimum Gasteiger partial charge on any atom is -0.496 e. The molecule has 2 saturated heterocycles. The summed E-state index contributed by atoms with van der Waals surface area (Å²) < 4.78 is 13.6. The summed E-state index contributed by atoms with van der Waals surface area (Å²) in [6.45, 7) is 17.5. The molecule has 0 aliphatic carbocycles. The van der Waals surface area contributed by atoms with E-state index in [1.807, 2.05) is 45.7 Å². The lowest BCUT2D eigenvalue weighted by Crippen LogP contribution is -2.47. The molecule has 1 unspecified atom stereocenters. The van der Waals surface area contributed by atoms with E-state index >= 15 is 0 Å². The Hall–Kier alpha value is -4.55. The van der Waals surface area contributed by atoms with Gasteiger partial charge < -0.3 is 23.8 Å². The minimum absolute atomic E-state index is 0.0197. The highest BCUT2D eigenvalue weighted by Gasteiger charge is 2.39. The molecule has 3 aromatic rings. The van der Waals surface area contributed by atoms with E-state index in [0.717, 1.165) is 78.5 Å². The monoisotopic (exact) mass is 719 g/mol. The second kappa shape index (κ2) is 15.1. The first-order valence-electron chi connectivity index (χ1n) is 19.1. The van der Waals surface area contributed by atoms with Gasteiger partial charge in [0.15, 0.2) is 0 Å². The Kier molecular flexibility index (Phi) is 10.8. The van der Waals surface area contributed by atoms with Crippen LogP contribution in [0.1, 0.15) is 87.2 Å². The van der Waals surface area contributed by atoms with Gasteiger partial charge in [-0.2, -0.15) is 5.26 Å². The average Bonchev–Trinajstić information content (AvgIpc) is 3.15. The van der Waals surface area contributed by atoms with Crippen molar-refractivity contribution in [3.8, 4) is 28.7 Å². The maximum Gasteiger partial charge on any atom is 0.264 e. The zero-order valence-corrected chi connectivity index (χ0v) is 33.3. The maximum absolute atomic E-state index is 13.5. The van der Waals surface area contributed by atoms with Gasteiger partial charge in [0.2, 0.25) is 0 Å². The molecule has 1 aromatic heterocycles. The SMILES string of the molecule is COc1cc(-c2cn(C)c(=O)c(C)c2C)cc(OC)c1CN1CCC2(CC1)CCN(c1cccc3c1CCN(C(=O)C(C#N)=CC(C)(C)C)C3C)CC2. The largest absolute Gasteiger partial charge is 0.496 e. The first-order valence-corrected chi connectivity index (χ1v) is 19.1. The quantitative estimate of drug-likeness (QED) is 0.185. The van der Waals surface area contributed by atoms with Gasteiger partial charge in [0.1, 0.15) is 23.1 Å². The molecule has 4 heterocycles. The number of hydrogen-bond donors (Lipinski definition) is 0. The predicted molar refractivity (Wildman–Crippen MR) is 212 cm³/mol. The van der Waals surface area contributed by atoms with Crippen LogP contribution in [-0.2, 0) is 24.8 Å². The highest BCUT2D eigenvalue weighted by Crippen LogP contribution is 2.45. The van der Waals surface area contributed by atoms with Crippen LogP contribution in [0.15, 0.2) is 53.0 Å². The number of benzene rings is 2. The molecular formula is C44H57N5O4. The van der Waals surface area contributed by atoms with Crippen LogP contribution in [0.3, 0.4) is 0 Å². The van der Waals surface area contributed by atoms with Crippen molar-refractivity contribution in [2.75, 3.05) is 51.8 Å². The first kappa shape index (κ1) is 38.2. The number of likely N-dealkylation sites (tertiary alicyclic amines) is 1. The Labute approximate surface area is 315 Å². The summed E-state index contributed by atoms with van der Waals surface area (Å²) >= 11 is 0. The molecule has 0 radical (unpaired) electrons. The van der Waals surface area contributed by atoms with E-state index in [2.05, 4.69) is 53.1 Å². The van der Waals surface area contributed by atoms with Gasteiger partial charge in [-0.05, 0) is 117 Å². The number of allylic oxidation sites excluding steroid dienone is 1. The van der Waals surface area contributed by atoms with Gasteiger partial charge in [-0.15, -0.1) is 0 Å². The molecule has 3 aliphatic rings. The smallest absolute Gasteiger partial charge is 0.264 e. The number of piperidine rings is 2. The van der Waals surface area contributed by atoms with Crippen LogP contribution in [0.4, 0.5) is 5.69 Å². The Bertz CT molecular complexity index is 1970. The molecule has 1 amide bonds. The molecule has 0 bridgehead atoms. The van der Waals surface area contributed by atoms with Gasteiger partial charge >= 0.3 is 0 Å². The molecule has 2 fully saturated rings. The molecule has 9 nitrogen and oxygen atoms in total. The van der Waals surface area contributed by atoms with Crippen LogP contribution < -0.4 is 19.9 Å². The van der Waals surface area contributed by atoms with Crippen LogP contribution in [-0.4, -0.2) is 67.2 Å². The van der Waals surface area contributed by atoms with E-state index in [1.165, 1.54) is 42.5 Å². The number of anilines is 1. The Morgan fingerprint density at radius 3 is 2.19 bits per heavy atom. The maximum atomic E-state index is 13.5. The van der Waals surface area contributed by atoms with Crippen molar-refractivity contribution in [1.29, 1.82) is 5.26 Å². The molecule has 6 rings (SSSR count). The van der Waals surface area contributed by atoms with Gasteiger partial charge in [0.05, 0.1) is 25.8 Å². The van der Waals surface area contributed by atoms with Gasteiger partial charge in [0, 0.05) is 56.2 Å². The third kappa shape index (κ3) is 7.62. The van der Waals surface area contributed by atoms with Gasteiger partial charge in [-0.1, -0.05) is 39.0 Å². The fourth-order valence-corrected chi connectivity index (χ4v) is 8.85. The normalized spacial score (nSPS) is 19.2. The zero-order valence-electron chi connectivity index (χ0n) is 33.3. The molecule has 9 heteroatoms. The number of rotatable bonds is 7. The molecule has 1 atom stereocenters. The van der Waals surface area contributed by atoms with E-state index < -0.39 is 0 Å². The number of aromatic nitrogens is 1. The van der Waals surface area contributed by atoms with Crippen LogP contribution in [0, 0.1) is 36.0 Å². The second-order valence-electron chi connectivity index (χ2n) is 16.6. The summed E-state index contributed by atoms with van der Waals surface area (Å²) in [5.74, 6) is 1.44. The number of carbonyl (C=O) groups excluding carboxylic acids is 1. The number of ether oxygens (including phenoxy) is 2. The van der Waals surface area contributed by atoms with E-state index in [-0.39, 0.29) is 28.5 Å². The lowest BCUT2D eigenvalue weighted by molar-refractivity contribution is -0.129. The fourth-order valence-electron chi connectivity index (χ4n) is 8.85. The number of aryl methyl sites for hydroxylation is 1. The number of fused-ring (bicyclic) bond motifs is 1. The molecule has 1 spiro atoms. The summed E-state index contributed by atoms with van der Waals surface area (Å²) in [6.07, 6.45) is 9.18. The van der Waals surface area contributed by atoms with E-state index in [0.29, 0.717) is 12.0 Å². The van der Waals surface area contributed by atoms with Crippen molar-refractivity contribution in [3.63, 3.8) is 0 Å². The van der Waals surface area contributed by atoms with Crippen molar-refractivity contribution < 1.29 is 14.3 Å². The molecule has 0 saturated carbocycles. The van der Waals surface area contributed by atoms with Crippen molar-refractivity contribution in [3.05, 3.63) is 86.3 Å². The van der Waals surface area contributed by atoms with Crippen molar-refractivity contribution in [2.45, 2.75) is 86.2 Å². The van der Waals surface area contributed by atoms with Gasteiger partial charge in [-0.3, -0.25) is 14.5 Å². The lowest BCUT2D eigenvalue weighted by atomic mass is 9.71. The lowest BCUT2D eigenvalue weighted by Gasteiger charge is -2.48. The van der Waals surface area contributed by atoms with Crippen molar-refractivity contribution in [2.24, 2.45) is 17.9 Å². The van der Waals surface area contributed by atoms with Crippen molar-refractivity contribution in [1.82, 2.24) is 14.4 Å². The number of pyridine rings is 1. The summed E-state index contributed by atoms with van der Waals surface area (Å²) in [5, 5.41) is 9.79. The van der Waals surface area contributed by atoms with E-state index in [1.54, 1.807) is 31.9 Å². The zero-order chi connectivity index (χ0) is 38.2. The van der Waals surface area contributed by atoms with Crippen LogP contribution in [0.5, 0.6) is 11.5 Å². The number of methoxy groups -OCH3 is 2. The Balaban J connectivity index is 1.11. The van der Waals surface area contributed by atoms with Crippen LogP contribution >= 0.6 is 0 Å². The van der Waals surface area contributed by atoms with Crippen LogP contribution in [0.2, 0.25) is 0 Å². The topological polar surface area (TPSA) is 91.0 Å². The molecule has 282 valence electrons. The molecule has 3 aliphatic heterocycles. The highest BCUT2D eigenvalue weighted by molar-refractivity contribution is 5.97. The number of nitrogens with zero attached hydrogens (tertiary/aromatic N) is 5. The van der Waals surface area contributed by atoms with E-state index in [4.69, 9.17) is 9.47 Å². The summed E-state index contributed by atoms with van der Waals surface area (Å²) in [4.78, 5) is 33.0. The second-order valence-corrected chi connectivity index (χ2v) is 16.6. The third-order valence-electron chi connectivity index (χ3n) is 12.2.